The van der Waals surface area contributed by atoms with E-state index in [1.165, 1.54) is 18.4 Å². The molecule has 0 bridgehead atoms. The summed E-state index contributed by atoms with van der Waals surface area (Å²) in [5.74, 6) is 0. The molecule has 2 N–H and O–H groups in total. The molecule has 0 radical (unpaired) electrons. The highest BCUT2D eigenvalue weighted by Crippen LogP contribution is 2.18. The zero-order chi connectivity index (χ0) is 16.8. The molecule has 1 atom stereocenters. The maximum Gasteiger partial charge on any atom is 0.315 e. The van der Waals surface area contributed by atoms with E-state index in [0.717, 1.165) is 45.6 Å². The van der Waals surface area contributed by atoms with Crippen molar-refractivity contribution < 1.29 is 4.79 Å². The topological polar surface area (TPSA) is 47.6 Å². The van der Waals surface area contributed by atoms with E-state index < -0.39 is 0 Å². The van der Waals surface area contributed by atoms with Crippen LogP contribution in [-0.2, 0) is 0 Å². The van der Waals surface area contributed by atoms with Crippen molar-refractivity contribution >= 4 is 6.03 Å². The molecule has 1 saturated heterocycles. The number of nitrogens with zero attached hydrogens (tertiary/aromatic N) is 2. The Hall–Kier alpha value is -1.59. The summed E-state index contributed by atoms with van der Waals surface area (Å²) in [6, 6.07) is 10.7. The van der Waals surface area contributed by atoms with E-state index in [-0.39, 0.29) is 12.1 Å². The second-order valence-corrected chi connectivity index (χ2v) is 7.17. The number of nitrogens with one attached hydrogen (secondary N) is 2. The first-order chi connectivity index (χ1) is 11.7. The normalized spacial score (nSPS) is 21.5. The number of urea groups is 1. The van der Waals surface area contributed by atoms with Crippen LogP contribution in [0.2, 0.25) is 0 Å². The Bertz CT molecular complexity index is 507. The Morgan fingerprint density at radius 1 is 1.12 bits per heavy atom. The Kier molecular flexibility index (Phi) is 6.10. The summed E-state index contributed by atoms with van der Waals surface area (Å²) in [6.45, 7) is 5.18. The summed E-state index contributed by atoms with van der Waals surface area (Å²) in [5, 5.41) is 6.36. The van der Waals surface area contributed by atoms with Gasteiger partial charge in [-0.15, -0.1) is 0 Å². The van der Waals surface area contributed by atoms with Crippen molar-refractivity contribution in [3.63, 3.8) is 0 Å². The van der Waals surface area contributed by atoms with Gasteiger partial charge in [0.05, 0.1) is 6.04 Å². The second kappa shape index (κ2) is 8.49. The molecule has 1 unspecified atom stereocenters. The lowest BCUT2D eigenvalue weighted by Gasteiger charge is -2.35. The second-order valence-electron chi connectivity index (χ2n) is 7.17. The van der Waals surface area contributed by atoms with Crippen molar-refractivity contribution in [3.8, 4) is 0 Å². The molecular formula is C19H30N4O. The summed E-state index contributed by atoms with van der Waals surface area (Å²) in [4.78, 5) is 17.2. The zero-order valence-corrected chi connectivity index (χ0v) is 14.7. The third kappa shape index (κ3) is 4.95. The third-order valence-corrected chi connectivity index (χ3v) is 5.23. The van der Waals surface area contributed by atoms with Gasteiger partial charge in [-0.2, -0.15) is 0 Å². The largest absolute Gasteiger partial charge is 0.335 e. The van der Waals surface area contributed by atoms with Gasteiger partial charge in [0.1, 0.15) is 0 Å². The number of rotatable bonds is 5. The maximum atomic E-state index is 12.4. The molecule has 3 rings (SSSR count). The van der Waals surface area contributed by atoms with Crippen LogP contribution in [0.25, 0.3) is 0 Å². The predicted octanol–water partition coefficient (Wildman–Crippen LogP) is 2.22. The van der Waals surface area contributed by atoms with Gasteiger partial charge in [-0.05, 0) is 25.5 Å². The molecule has 1 heterocycles. The number of likely N-dealkylation sites (N-methyl/N-ethyl adjacent to an activating group) is 1. The van der Waals surface area contributed by atoms with Crippen molar-refractivity contribution in [3.05, 3.63) is 35.9 Å². The fourth-order valence-electron chi connectivity index (χ4n) is 3.66. The molecule has 132 valence electrons. The van der Waals surface area contributed by atoms with E-state index in [4.69, 9.17) is 0 Å². The van der Waals surface area contributed by atoms with Crippen LogP contribution in [0.15, 0.2) is 30.3 Å². The lowest BCUT2D eigenvalue weighted by Crippen LogP contribution is -2.49. The standard InChI is InChI=1S/C19H30N4O/c1-22-11-13-23(14-12-22)15-18(16-7-3-2-4-8-16)21-19(24)20-17-9-5-6-10-17/h2-4,7-8,17-18H,5-6,9-15H2,1H3,(H2,20,21,24). The molecule has 2 fully saturated rings. The van der Waals surface area contributed by atoms with E-state index in [1.807, 2.05) is 18.2 Å². The van der Waals surface area contributed by atoms with E-state index in [2.05, 4.69) is 39.6 Å². The average molecular weight is 330 g/mol. The predicted molar refractivity (Wildman–Crippen MR) is 97.0 cm³/mol. The SMILES string of the molecule is CN1CCN(CC(NC(=O)NC2CCCC2)c2ccccc2)CC1. The molecule has 1 aromatic rings. The quantitative estimate of drug-likeness (QED) is 0.870. The summed E-state index contributed by atoms with van der Waals surface area (Å²) in [7, 11) is 2.17. The summed E-state index contributed by atoms with van der Waals surface area (Å²) < 4.78 is 0. The molecule has 1 aliphatic carbocycles. The number of amides is 2. The van der Waals surface area contributed by atoms with Gasteiger partial charge >= 0.3 is 6.03 Å². The first kappa shape index (κ1) is 17.2. The van der Waals surface area contributed by atoms with Crippen LogP contribution in [0.5, 0.6) is 0 Å². The first-order valence-corrected chi connectivity index (χ1v) is 9.23. The molecule has 1 saturated carbocycles. The Morgan fingerprint density at radius 3 is 2.46 bits per heavy atom. The molecule has 24 heavy (non-hydrogen) atoms. The van der Waals surface area contributed by atoms with E-state index >= 15 is 0 Å². The van der Waals surface area contributed by atoms with Crippen LogP contribution in [0.4, 0.5) is 4.79 Å². The highest BCUT2D eigenvalue weighted by atomic mass is 16.2. The Balaban J connectivity index is 1.60. The van der Waals surface area contributed by atoms with Crippen LogP contribution < -0.4 is 10.6 Å². The maximum absolute atomic E-state index is 12.4. The molecule has 1 aromatic carbocycles. The number of hydrogen-bond donors (Lipinski definition) is 2. The van der Waals surface area contributed by atoms with Gasteiger partial charge in [-0.25, -0.2) is 4.79 Å². The lowest BCUT2D eigenvalue weighted by atomic mass is 10.1. The number of piperazine rings is 1. The molecule has 2 amide bonds. The van der Waals surface area contributed by atoms with E-state index in [1.54, 1.807) is 0 Å². The molecule has 2 aliphatic rings. The summed E-state index contributed by atoms with van der Waals surface area (Å²) in [5.41, 5.74) is 1.18. The zero-order valence-electron chi connectivity index (χ0n) is 14.7. The highest BCUT2D eigenvalue weighted by molar-refractivity contribution is 5.74. The number of benzene rings is 1. The molecular weight excluding hydrogens is 300 g/mol. The fraction of sp³-hybridized carbons (Fsp3) is 0.632. The minimum atomic E-state index is -0.0233. The molecule has 0 spiro atoms. The fourth-order valence-corrected chi connectivity index (χ4v) is 3.66. The van der Waals surface area contributed by atoms with Crippen LogP contribution in [0.1, 0.15) is 37.3 Å². The molecule has 5 nitrogen and oxygen atoms in total. The lowest BCUT2D eigenvalue weighted by molar-refractivity contribution is 0.142. The average Bonchev–Trinajstić information content (AvgIpc) is 3.10. The van der Waals surface area contributed by atoms with Crippen LogP contribution in [0.3, 0.4) is 0 Å². The van der Waals surface area contributed by atoms with Crippen LogP contribution in [0, 0.1) is 0 Å². The minimum Gasteiger partial charge on any atom is -0.335 e. The summed E-state index contributed by atoms with van der Waals surface area (Å²) in [6.07, 6.45) is 4.69. The third-order valence-electron chi connectivity index (χ3n) is 5.23. The highest BCUT2D eigenvalue weighted by Gasteiger charge is 2.23. The van der Waals surface area contributed by atoms with Crippen molar-refractivity contribution in [2.75, 3.05) is 39.8 Å². The van der Waals surface area contributed by atoms with Crippen molar-refractivity contribution in [2.24, 2.45) is 0 Å². The number of hydrogen-bond acceptors (Lipinski definition) is 3. The van der Waals surface area contributed by atoms with Crippen LogP contribution >= 0.6 is 0 Å². The van der Waals surface area contributed by atoms with Gasteiger partial charge in [0.25, 0.3) is 0 Å². The molecule has 5 heteroatoms. The molecule has 0 aromatic heterocycles. The van der Waals surface area contributed by atoms with Gasteiger partial charge in [0, 0.05) is 38.8 Å². The van der Waals surface area contributed by atoms with Crippen molar-refractivity contribution in [1.29, 1.82) is 0 Å². The van der Waals surface area contributed by atoms with Gasteiger partial charge < -0.3 is 15.5 Å². The number of carbonyl (C=O) groups excluding carboxylic acids is 1. The van der Waals surface area contributed by atoms with Gasteiger partial charge in [-0.3, -0.25) is 4.90 Å². The Morgan fingerprint density at radius 2 is 1.79 bits per heavy atom. The summed E-state index contributed by atoms with van der Waals surface area (Å²) >= 11 is 0. The van der Waals surface area contributed by atoms with Gasteiger partial charge in [0.2, 0.25) is 0 Å². The van der Waals surface area contributed by atoms with Crippen molar-refractivity contribution in [2.45, 2.75) is 37.8 Å². The van der Waals surface area contributed by atoms with Crippen molar-refractivity contribution in [1.82, 2.24) is 20.4 Å². The Labute approximate surface area is 145 Å². The first-order valence-electron chi connectivity index (χ1n) is 9.23. The monoisotopic (exact) mass is 330 g/mol. The molecule has 1 aliphatic heterocycles. The minimum absolute atomic E-state index is 0.0233. The number of carbonyl (C=O) groups is 1. The smallest absolute Gasteiger partial charge is 0.315 e. The van der Waals surface area contributed by atoms with Crippen LogP contribution in [-0.4, -0.2) is 61.6 Å². The van der Waals surface area contributed by atoms with E-state index in [0.29, 0.717) is 6.04 Å². The van der Waals surface area contributed by atoms with Gasteiger partial charge in [-0.1, -0.05) is 43.2 Å². The van der Waals surface area contributed by atoms with Gasteiger partial charge in [0.15, 0.2) is 0 Å². The van der Waals surface area contributed by atoms with E-state index in [9.17, 15) is 4.79 Å².